The van der Waals surface area contributed by atoms with E-state index in [1.807, 2.05) is 12.1 Å². The highest BCUT2D eigenvalue weighted by molar-refractivity contribution is 5.88. The van der Waals surface area contributed by atoms with E-state index in [-0.39, 0.29) is 11.1 Å². The van der Waals surface area contributed by atoms with Crippen molar-refractivity contribution in [2.75, 3.05) is 13.1 Å². The number of carboxylic acid groups (broad SMARTS) is 1. The number of pyridine rings is 1. The minimum absolute atomic E-state index is 0.143. The lowest BCUT2D eigenvalue weighted by Crippen LogP contribution is -2.43. The van der Waals surface area contributed by atoms with Crippen LogP contribution in [0.15, 0.2) is 46.8 Å². The Morgan fingerprint density at radius 1 is 1.11 bits per heavy atom. The molecule has 0 amide bonds. The molecule has 2 aliphatic rings. The first-order valence-corrected chi connectivity index (χ1v) is 10.1. The zero-order chi connectivity index (χ0) is 19.5. The number of H-pyrrole nitrogens is 1. The number of aromatic amines is 1. The Labute approximate surface area is 164 Å². The Hall–Kier alpha value is -2.66. The molecule has 28 heavy (non-hydrogen) atoms. The third kappa shape index (κ3) is 4.25. The molecule has 146 valence electrons. The fourth-order valence-corrected chi connectivity index (χ4v) is 4.10. The molecule has 0 unspecified atom stereocenters. The molecule has 5 nitrogen and oxygen atoms in total. The van der Waals surface area contributed by atoms with Crippen LogP contribution in [0.25, 0.3) is 6.08 Å². The minimum Gasteiger partial charge on any atom is -0.478 e. The summed E-state index contributed by atoms with van der Waals surface area (Å²) >= 11 is 0. The number of nitrogens with one attached hydrogen (secondary N) is 1. The molecule has 1 aromatic heterocycles. The van der Waals surface area contributed by atoms with Gasteiger partial charge in [0.1, 0.15) is 0 Å². The molecule has 1 aromatic carbocycles. The van der Waals surface area contributed by atoms with Gasteiger partial charge in [-0.25, -0.2) is 4.79 Å². The third-order valence-corrected chi connectivity index (χ3v) is 5.99. The number of carboxylic acids is 1. The predicted octanol–water partition coefficient (Wildman–Crippen LogP) is 3.70. The number of carbonyl (C=O) groups is 1. The summed E-state index contributed by atoms with van der Waals surface area (Å²) in [6, 6.07) is 11.6. The molecule has 1 saturated carbocycles. The smallest absolute Gasteiger partial charge is 0.337 e. The highest BCUT2D eigenvalue weighted by atomic mass is 16.4. The van der Waals surface area contributed by atoms with Crippen LogP contribution in [0.4, 0.5) is 0 Å². The number of benzene rings is 1. The number of hydrogen-bond acceptors (Lipinski definition) is 3. The molecular weight excluding hydrogens is 352 g/mol. The van der Waals surface area contributed by atoms with E-state index in [2.05, 4.69) is 28.1 Å². The standard InChI is InChI=1S/C23H26N2O3/c26-22-9-8-20(23(27)28)21(24-22)15-17-6-4-16(5-7-17)14-18-10-12-25(13-11-18)19-2-1-3-19/h4-9,14,19H,1-3,10-13,15H2,(H,24,26)(H,27,28). The van der Waals surface area contributed by atoms with Gasteiger partial charge in [0.05, 0.1) is 5.56 Å². The molecule has 1 aliphatic heterocycles. The first kappa shape index (κ1) is 18.7. The first-order valence-electron chi connectivity index (χ1n) is 10.1. The van der Waals surface area contributed by atoms with Crippen LogP contribution in [-0.4, -0.2) is 40.1 Å². The number of aromatic nitrogens is 1. The summed E-state index contributed by atoms with van der Waals surface area (Å²) in [6.07, 6.45) is 9.10. The van der Waals surface area contributed by atoms with Crippen LogP contribution < -0.4 is 5.56 Å². The second kappa shape index (κ2) is 8.15. The molecule has 0 spiro atoms. The van der Waals surface area contributed by atoms with Crippen molar-refractivity contribution in [1.29, 1.82) is 0 Å². The Morgan fingerprint density at radius 3 is 2.43 bits per heavy atom. The summed E-state index contributed by atoms with van der Waals surface area (Å²) in [5.41, 5.74) is 3.96. The number of likely N-dealkylation sites (tertiary alicyclic amines) is 1. The van der Waals surface area contributed by atoms with Gasteiger partial charge in [-0.05, 0) is 42.9 Å². The van der Waals surface area contributed by atoms with Crippen molar-refractivity contribution >= 4 is 12.0 Å². The van der Waals surface area contributed by atoms with Crippen LogP contribution in [0, 0.1) is 0 Å². The molecule has 2 aromatic rings. The molecule has 2 N–H and O–H groups in total. The zero-order valence-electron chi connectivity index (χ0n) is 16.0. The average Bonchev–Trinajstić information content (AvgIpc) is 2.63. The Kier molecular flexibility index (Phi) is 5.44. The maximum atomic E-state index is 11.6. The minimum atomic E-state index is -1.03. The highest BCUT2D eigenvalue weighted by Gasteiger charge is 2.26. The number of hydrogen-bond donors (Lipinski definition) is 2. The van der Waals surface area contributed by atoms with Gasteiger partial charge < -0.3 is 10.1 Å². The van der Waals surface area contributed by atoms with Crippen molar-refractivity contribution < 1.29 is 9.90 Å². The molecule has 4 rings (SSSR count). The largest absolute Gasteiger partial charge is 0.478 e. The molecular formula is C23H26N2O3. The Morgan fingerprint density at radius 2 is 1.82 bits per heavy atom. The molecule has 1 aliphatic carbocycles. The van der Waals surface area contributed by atoms with Gasteiger partial charge in [0, 0.05) is 37.3 Å². The molecule has 1 saturated heterocycles. The Bertz CT molecular complexity index is 929. The number of nitrogens with zero attached hydrogens (tertiary/aromatic N) is 1. The number of aromatic carboxylic acids is 1. The quantitative estimate of drug-likeness (QED) is 0.832. The predicted molar refractivity (Wildman–Crippen MR) is 110 cm³/mol. The van der Waals surface area contributed by atoms with Crippen LogP contribution in [0.2, 0.25) is 0 Å². The molecule has 2 fully saturated rings. The summed E-state index contributed by atoms with van der Waals surface area (Å²) < 4.78 is 0. The molecule has 5 heteroatoms. The van der Waals surface area contributed by atoms with Crippen molar-refractivity contribution in [1.82, 2.24) is 9.88 Å². The summed E-state index contributed by atoms with van der Waals surface area (Å²) in [6.45, 7) is 2.35. The lowest BCUT2D eigenvalue weighted by molar-refractivity contribution is 0.0695. The topological polar surface area (TPSA) is 73.4 Å². The second-order valence-electron chi connectivity index (χ2n) is 7.86. The van der Waals surface area contributed by atoms with Gasteiger partial charge in [-0.3, -0.25) is 9.69 Å². The highest BCUT2D eigenvalue weighted by Crippen LogP contribution is 2.29. The summed E-state index contributed by atoms with van der Waals surface area (Å²) in [4.78, 5) is 28.2. The summed E-state index contributed by atoms with van der Waals surface area (Å²) in [5, 5.41) is 9.30. The Balaban J connectivity index is 1.41. The van der Waals surface area contributed by atoms with Gasteiger partial charge in [-0.15, -0.1) is 0 Å². The lowest BCUT2D eigenvalue weighted by Gasteiger charge is -2.40. The van der Waals surface area contributed by atoms with E-state index < -0.39 is 5.97 Å². The fourth-order valence-electron chi connectivity index (χ4n) is 4.10. The SMILES string of the molecule is O=C(O)c1ccc(=O)[nH]c1Cc1ccc(C=C2CCN(C3CCC3)CC2)cc1. The van der Waals surface area contributed by atoms with Gasteiger partial charge >= 0.3 is 5.97 Å². The van der Waals surface area contributed by atoms with Crippen LogP contribution >= 0.6 is 0 Å². The van der Waals surface area contributed by atoms with Crippen molar-refractivity contribution in [2.45, 2.75) is 44.6 Å². The van der Waals surface area contributed by atoms with Crippen LogP contribution in [0.5, 0.6) is 0 Å². The zero-order valence-corrected chi connectivity index (χ0v) is 16.0. The van der Waals surface area contributed by atoms with Crippen molar-refractivity contribution in [3.8, 4) is 0 Å². The van der Waals surface area contributed by atoms with Gasteiger partial charge in [0.2, 0.25) is 5.56 Å². The normalized spacial score (nSPS) is 17.9. The van der Waals surface area contributed by atoms with E-state index >= 15 is 0 Å². The van der Waals surface area contributed by atoms with Crippen molar-refractivity contribution in [2.24, 2.45) is 0 Å². The van der Waals surface area contributed by atoms with Crippen LogP contribution in [-0.2, 0) is 6.42 Å². The molecule has 0 atom stereocenters. The summed E-state index contributed by atoms with van der Waals surface area (Å²) in [7, 11) is 0. The lowest BCUT2D eigenvalue weighted by atomic mass is 9.89. The van der Waals surface area contributed by atoms with E-state index in [1.165, 1.54) is 55.6 Å². The monoisotopic (exact) mass is 378 g/mol. The molecule has 2 heterocycles. The van der Waals surface area contributed by atoms with Gasteiger partial charge in [0.15, 0.2) is 0 Å². The third-order valence-electron chi connectivity index (χ3n) is 5.99. The molecule has 0 bridgehead atoms. The van der Waals surface area contributed by atoms with E-state index in [1.54, 1.807) is 0 Å². The number of rotatable bonds is 5. The maximum Gasteiger partial charge on any atom is 0.337 e. The maximum absolute atomic E-state index is 11.6. The first-order chi connectivity index (χ1) is 13.6. The second-order valence-corrected chi connectivity index (χ2v) is 7.86. The van der Waals surface area contributed by atoms with Crippen molar-refractivity contribution in [3.05, 3.63) is 74.7 Å². The van der Waals surface area contributed by atoms with E-state index in [0.29, 0.717) is 12.1 Å². The fraction of sp³-hybridized carbons (Fsp3) is 0.391. The summed E-state index contributed by atoms with van der Waals surface area (Å²) in [5.74, 6) is -1.03. The van der Waals surface area contributed by atoms with Gasteiger partial charge in [-0.1, -0.05) is 42.3 Å². The van der Waals surface area contributed by atoms with Crippen LogP contribution in [0.3, 0.4) is 0 Å². The van der Waals surface area contributed by atoms with Gasteiger partial charge in [0.25, 0.3) is 0 Å². The van der Waals surface area contributed by atoms with Crippen LogP contribution in [0.1, 0.15) is 59.3 Å². The molecule has 0 radical (unpaired) electrons. The van der Waals surface area contributed by atoms with Gasteiger partial charge in [-0.2, -0.15) is 0 Å². The average molecular weight is 378 g/mol. The van der Waals surface area contributed by atoms with E-state index in [0.717, 1.165) is 24.4 Å². The van der Waals surface area contributed by atoms with E-state index in [9.17, 15) is 14.7 Å². The van der Waals surface area contributed by atoms with E-state index in [4.69, 9.17) is 0 Å². The number of piperidine rings is 1. The van der Waals surface area contributed by atoms with Crippen molar-refractivity contribution in [3.63, 3.8) is 0 Å².